The third-order valence-corrected chi connectivity index (χ3v) is 4.30. The third-order valence-electron chi connectivity index (χ3n) is 4.30. The maximum Gasteiger partial charge on any atom is 0.326 e. The van der Waals surface area contributed by atoms with Gasteiger partial charge in [0, 0.05) is 6.54 Å². The molecule has 1 amide bonds. The Morgan fingerprint density at radius 1 is 1.26 bits per heavy atom. The third kappa shape index (κ3) is 3.93. The number of carbonyl (C=O) groups excluding carboxylic acids is 1. The molecule has 0 aromatic rings. The van der Waals surface area contributed by atoms with E-state index < -0.39 is 12.0 Å². The monoisotopic (exact) mass is 268 g/mol. The molecule has 0 aromatic carbocycles. The fraction of sp³-hybridized carbons (Fsp3) is 0.857. The summed E-state index contributed by atoms with van der Waals surface area (Å²) in [6.07, 6.45) is 5.02. The highest BCUT2D eigenvalue weighted by Crippen LogP contribution is 2.28. The predicted molar refractivity (Wildman–Crippen MR) is 71.7 cm³/mol. The first-order chi connectivity index (χ1) is 9.11. The van der Waals surface area contributed by atoms with Crippen molar-refractivity contribution in [3.63, 3.8) is 0 Å². The van der Waals surface area contributed by atoms with E-state index in [1.54, 1.807) is 4.90 Å². The number of piperidine rings is 1. The molecule has 0 spiro atoms. The lowest BCUT2D eigenvalue weighted by atomic mass is 9.89. The van der Waals surface area contributed by atoms with E-state index in [0.29, 0.717) is 18.9 Å². The molecule has 0 radical (unpaired) electrons. The van der Waals surface area contributed by atoms with Gasteiger partial charge in [0.1, 0.15) is 6.04 Å². The SMILES string of the molecule is CCC1CCN(C(=O)CNCC2CC2)C(C(=O)O)C1. The molecule has 5 heteroatoms. The van der Waals surface area contributed by atoms with Crippen LogP contribution in [0.4, 0.5) is 0 Å². The number of likely N-dealkylation sites (tertiary alicyclic amines) is 1. The summed E-state index contributed by atoms with van der Waals surface area (Å²) < 4.78 is 0. The van der Waals surface area contributed by atoms with Gasteiger partial charge in [-0.25, -0.2) is 4.79 Å². The van der Waals surface area contributed by atoms with Gasteiger partial charge in [0.15, 0.2) is 0 Å². The molecule has 2 unspecified atom stereocenters. The van der Waals surface area contributed by atoms with Crippen molar-refractivity contribution >= 4 is 11.9 Å². The summed E-state index contributed by atoms with van der Waals surface area (Å²) >= 11 is 0. The summed E-state index contributed by atoms with van der Waals surface area (Å²) in [4.78, 5) is 25.0. The minimum atomic E-state index is -0.867. The van der Waals surface area contributed by atoms with Crippen molar-refractivity contribution in [1.82, 2.24) is 10.2 Å². The Morgan fingerprint density at radius 2 is 2.00 bits per heavy atom. The van der Waals surface area contributed by atoms with Crippen molar-refractivity contribution in [2.45, 2.75) is 45.1 Å². The van der Waals surface area contributed by atoms with Gasteiger partial charge in [0.2, 0.25) is 5.91 Å². The van der Waals surface area contributed by atoms with Crippen molar-refractivity contribution in [3.8, 4) is 0 Å². The predicted octanol–water partition coefficient (Wildman–Crippen LogP) is 1.09. The maximum atomic E-state index is 12.1. The molecule has 1 saturated heterocycles. The number of carboxylic acids is 1. The molecule has 1 heterocycles. The number of carboxylic acid groups (broad SMARTS) is 1. The van der Waals surface area contributed by atoms with Crippen LogP contribution in [-0.2, 0) is 9.59 Å². The topological polar surface area (TPSA) is 69.6 Å². The molecule has 0 aromatic heterocycles. The Hall–Kier alpha value is -1.10. The molecule has 19 heavy (non-hydrogen) atoms. The summed E-state index contributed by atoms with van der Waals surface area (Å²) in [6, 6.07) is -0.631. The fourth-order valence-electron chi connectivity index (χ4n) is 2.75. The van der Waals surface area contributed by atoms with E-state index in [2.05, 4.69) is 12.2 Å². The van der Waals surface area contributed by atoms with Gasteiger partial charge >= 0.3 is 5.97 Å². The van der Waals surface area contributed by atoms with Crippen LogP contribution < -0.4 is 5.32 Å². The number of amides is 1. The molecule has 2 atom stereocenters. The lowest BCUT2D eigenvalue weighted by Crippen LogP contribution is -2.52. The number of hydrogen-bond donors (Lipinski definition) is 2. The summed E-state index contributed by atoms with van der Waals surface area (Å²) in [5.41, 5.74) is 0. The highest BCUT2D eigenvalue weighted by molar-refractivity contribution is 5.85. The maximum absolute atomic E-state index is 12.1. The second-order valence-corrected chi connectivity index (χ2v) is 5.81. The van der Waals surface area contributed by atoms with Crippen molar-refractivity contribution in [1.29, 1.82) is 0 Å². The number of rotatable bonds is 6. The molecule has 108 valence electrons. The zero-order valence-corrected chi connectivity index (χ0v) is 11.6. The molecule has 2 N–H and O–H groups in total. The van der Waals surface area contributed by atoms with E-state index in [9.17, 15) is 14.7 Å². The van der Waals surface area contributed by atoms with Crippen LogP contribution in [0.5, 0.6) is 0 Å². The first kappa shape index (κ1) is 14.3. The molecule has 1 aliphatic carbocycles. The van der Waals surface area contributed by atoms with Gasteiger partial charge in [-0.3, -0.25) is 4.79 Å². The van der Waals surface area contributed by atoms with E-state index in [1.165, 1.54) is 12.8 Å². The summed E-state index contributed by atoms with van der Waals surface area (Å²) in [6.45, 7) is 3.82. The number of hydrogen-bond acceptors (Lipinski definition) is 3. The molecule has 1 saturated carbocycles. The fourth-order valence-corrected chi connectivity index (χ4v) is 2.75. The highest BCUT2D eigenvalue weighted by atomic mass is 16.4. The summed E-state index contributed by atoms with van der Waals surface area (Å²) in [7, 11) is 0. The zero-order chi connectivity index (χ0) is 13.8. The Morgan fingerprint density at radius 3 is 2.58 bits per heavy atom. The van der Waals surface area contributed by atoms with Gasteiger partial charge < -0.3 is 15.3 Å². The second kappa shape index (κ2) is 6.37. The average molecular weight is 268 g/mol. The van der Waals surface area contributed by atoms with Gasteiger partial charge in [-0.15, -0.1) is 0 Å². The van der Waals surface area contributed by atoms with Crippen LogP contribution in [0.15, 0.2) is 0 Å². The van der Waals surface area contributed by atoms with Crippen molar-refractivity contribution in [3.05, 3.63) is 0 Å². The molecular formula is C14H24N2O3. The molecule has 5 nitrogen and oxygen atoms in total. The van der Waals surface area contributed by atoms with Crippen LogP contribution in [0.25, 0.3) is 0 Å². The van der Waals surface area contributed by atoms with Crippen molar-refractivity contribution in [2.75, 3.05) is 19.6 Å². The van der Waals surface area contributed by atoms with E-state index in [-0.39, 0.29) is 12.5 Å². The highest BCUT2D eigenvalue weighted by Gasteiger charge is 2.35. The first-order valence-electron chi connectivity index (χ1n) is 7.34. The standard InChI is InChI=1S/C14H24N2O3/c1-2-10-5-6-16(12(7-10)14(18)19)13(17)9-15-8-11-3-4-11/h10-12,15H,2-9H2,1H3,(H,18,19). The van der Waals surface area contributed by atoms with Crippen LogP contribution >= 0.6 is 0 Å². The summed E-state index contributed by atoms with van der Waals surface area (Å²) in [5, 5.41) is 12.4. The molecule has 2 fully saturated rings. The van der Waals surface area contributed by atoms with Crippen LogP contribution in [0.2, 0.25) is 0 Å². The Kier molecular flexibility index (Phi) is 4.80. The first-order valence-corrected chi connectivity index (χ1v) is 7.34. The van der Waals surface area contributed by atoms with Crippen LogP contribution in [0.1, 0.15) is 39.0 Å². The van der Waals surface area contributed by atoms with E-state index in [4.69, 9.17) is 0 Å². The molecular weight excluding hydrogens is 244 g/mol. The Bertz CT molecular complexity index is 342. The van der Waals surface area contributed by atoms with Crippen LogP contribution in [0, 0.1) is 11.8 Å². The normalized spacial score (nSPS) is 27.3. The van der Waals surface area contributed by atoms with Crippen molar-refractivity contribution < 1.29 is 14.7 Å². The lowest BCUT2D eigenvalue weighted by Gasteiger charge is -2.37. The van der Waals surface area contributed by atoms with E-state index >= 15 is 0 Å². The Labute approximate surface area is 114 Å². The van der Waals surface area contributed by atoms with Gasteiger partial charge in [-0.1, -0.05) is 13.3 Å². The molecule has 2 aliphatic rings. The largest absolute Gasteiger partial charge is 0.480 e. The smallest absolute Gasteiger partial charge is 0.326 e. The van der Waals surface area contributed by atoms with Gasteiger partial charge in [-0.05, 0) is 44.1 Å². The average Bonchev–Trinajstić information content (AvgIpc) is 3.21. The zero-order valence-electron chi connectivity index (χ0n) is 11.6. The molecule has 2 rings (SSSR count). The Balaban J connectivity index is 1.84. The molecule has 1 aliphatic heterocycles. The van der Waals surface area contributed by atoms with Crippen LogP contribution in [0.3, 0.4) is 0 Å². The minimum Gasteiger partial charge on any atom is -0.480 e. The minimum absolute atomic E-state index is 0.0670. The number of nitrogens with zero attached hydrogens (tertiary/aromatic N) is 1. The lowest BCUT2D eigenvalue weighted by molar-refractivity contribution is -0.152. The quantitative estimate of drug-likeness (QED) is 0.756. The van der Waals surface area contributed by atoms with Gasteiger partial charge in [-0.2, -0.15) is 0 Å². The number of aliphatic carboxylic acids is 1. The van der Waals surface area contributed by atoms with Crippen molar-refractivity contribution in [2.24, 2.45) is 11.8 Å². The second-order valence-electron chi connectivity index (χ2n) is 5.81. The van der Waals surface area contributed by atoms with Gasteiger partial charge in [0.25, 0.3) is 0 Å². The van der Waals surface area contributed by atoms with E-state index in [0.717, 1.165) is 25.3 Å². The number of carbonyl (C=O) groups is 2. The molecule has 0 bridgehead atoms. The van der Waals surface area contributed by atoms with E-state index in [1.807, 2.05) is 0 Å². The summed E-state index contributed by atoms with van der Waals surface area (Å²) in [5.74, 6) is 0.231. The number of nitrogens with one attached hydrogen (secondary N) is 1. The van der Waals surface area contributed by atoms with Gasteiger partial charge in [0.05, 0.1) is 6.54 Å². The van der Waals surface area contributed by atoms with Crippen LogP contribution in [-0.4, -0.2) is 47.6 Å².